The van der Waals surface area contributed by atoms with E-state index in [0.29, 0.717) is 30.2 Å². The lowest BCUT2D eigenvalue weighted by Crippen LogP contribution is -2.15. The van der Waals surface area contributed by atoms with Gasteiger partial charge < -0.3 is 15.8 Å². The highest BCUT2D eigenvalue weighted by Gasteiger charge is 2.09. The number of benzene rings is 2. The maximum Gasteiger partial charge on any atom is 0.228 e. The second kappa shape index (κ2) is 6.79. The summed E-state index contributed by atoms with van der Waals surface area (Å²) in [7, 11) is 0. The Kier molecular flexibility index (Phi) is 4.82. The first-order chi connectivity index (χ1) is 10.1. The van der Waals surface area contributed by atoms with E-state index in [1.165, 1.54) is 0 Å². The van der Waals surface area contributed by atoms with E-state index in [1.807, 2.05) is 44.2 Å². The number of rotatable bonds is 5. The van der Waals surface area contributed by atoms with Gasteiger partial charge in [0, 0.05) is 5.69 Å². The lowest BCUT2D eigenvalue weighted by Gasteiger charge is -2.12. The summed E-state index contributed by atoms with van der Waals surface area (Å²) in [5.41, 5.74) is 9.03. The van der Waals surface area contributed by atoms with E-state index in [9.17, 15) is 4.79 Å². The van der Waals surface area contributed by atoms with Gasteiger partial charge in [-0.25, -0.2) is 0 Å². The maximum atomic E-state index is 12.1. The summed E-state index contributed by atoms with van der Waals surface area (Å²) >= 11 is 0. The zero-order chi connectivity index (χ0) is 15.2. The van der Waals surface area contributed by atoms with Crippen LogP contribution in [0.25, 0.3) is 0 Å². The minimum absolute atomic E-state index is 0.0791. The van der Waals surface area contributed by atoms with Crippen LogP contribution in [-0.2, 0) is 11.2 Å². The van der Waals surface area contributed by atoms with Gasteiger partial charge in [-0.3, -0.25) is 4.79 Å². The average molecular weight is 284 g/mol. The van der Waals surface area contributed by atoms with Crippen molar-refractivity contribution < 1.29 is 9.53 Å². The van der Waals surface area contributed by atoms with Crippen LogP contribution in [0.5, 0.6) is 5.75 Å². The predicted molar refractivity (Wildman–Crippen MR) is 85.5 cm³/mol. The Bertz CT molecular complexity index is 621. The Morgan fingerprint density at radius 3 is 2.57 bits per heavy atom. The summed E-state index contributed by atoms with van der Waals surface area (Å²) in [5.74, 6) is 0.618. The van der Waals surface area contributed by atoms with Crippen LogP contribution in [0, 0.1) is 6.92 Å². The molecule has 4 heteroatoms. The van der Waals surface area contributed by atoms with Gasteiger partial charge >= 0.3 is 0 Å². The van der Waals surface area contributed by atoms with Gasteiger partial charge in [-0.1, -0.05) is 18.2 Å². The highest BCUT2D eigenvalue weighted by atomic mass is 16.5. The summed E-state index contributed by atoms with van der Waals surface area (Å²) in [6.07, 6.45) is 0.305. The van der Waals surface area contributed by atoms with Crippen molar-refractivity contribution in [3.05, 3.63) is 53.6 Å². The normalized spacial score (nSPS) is 10.2. The summed E-state index contributed by atoms with van der Waals surface area (Å²) in [6, 6.07) is 13.0. The Morgan fingerprint density at radius 1 is 1.19 bits per heavy atom. The molecule has 1 amide bonds. The third-order valence-electron chi connectivity index (χ3n) is 3.06. The Hall–Kier alpha value is -2.49. The number of aryl methyl sites for hydroxylation is 1. The molecule has 4 nitrogen and oxygen atoms in total. The monoisotopic (exact) mass is 284 g/mol. The van der Waals surface area contributed by atoms with Crippen molar-refractivity contribution in [1.82, 2.24) is 0 Å². The summed E-state index contributed by atoms with van der Waals surface area (Å²) < 4.78 is 5.55. The molecule has 0 spiro atoms. The zero-order valence-electron chi connectivity index (χ0n) is 12.3. The highest BCUT2D eigenvalue weighted by molar-refractivity contribution is 5.93. The lowest BCUT2D eigenvalue weighted by atomic mass is 10.1. The van der Waals surface area contributed by atoms with Crippen molar-refractivity contribution in [1.29, 1.82) is 0 Å². The third-order valence-corrected chi connectivity index (χ3v) is 3.06. The number of hydrogen-bond donors (Lipinski definition) is 2. The summed E-state index contributed by atoms with van der Waals surface area (Å²) in [6.45, 7) is 4.47. The smallest absolute Gasteiger partial charge is 0.228 e. The first kappa shape index (κ1) is 14.9. The van der Waals surface area contributed by atoms with E-state index in [4.69, 9.17) is 10.5 Å². The topological polar surface area (TPSA) is 64.3 Å². The second-order valence-corrected chi connectivity index (χ2v) is 4.90. The van der Waals surface area contributed by atoms with Gasteiger partial charge in [0.25, 0.3) is 0 Å². The fraction of sp³-hybridized carbons (Fsp3) is 0.235. The molecule has 3 N–H and O–H groups in total. The standard InChI is InChI=1S/C17H20N2O2/c1-3-21-16-10-12(2)4-9-15(16)19-17(20)11-13-5-7-14(18)8-6-13/h4-10H,3,11,18H2,1-2H3,(H,19,20). The molecule has 2 aromatic carbocycles. The summed E-state index contributed by atoms with van der Waals surface area (Å²) in [5, 5.41) is 2.89. The number of ether oxygens (including phenoxy) is 1. The molecule has 110 valence electrons. The van der Waals surface area contributed by atoms with E-state index in [1.54, 1.807) is 12.1 Å². The molecule has 2 aromatic rings. The third kappa shape index (κ3) is 4.24. The van der Waals surface area contributed by atoms with Crippen LogP contribution < -0.4 is 15.8 Å². The van der Waals surface area contributed by atoms with Gasteiger partial charge in [0.1, 0.15) is 5.75 Å². The van der Waals surface area contributed by atoms with Crippen LogP contribution in [0.4, 0.5) is 11.4 Å². The average Bonchev–Trinajstić information content (AvgIpc) is 2.45. The Labute approximate surface area is 124 Å². The second-order valence-electron chi connectivity index (χ2n) is 4.90. The van der Waals surface area contributed by atoms with E-state index < -0.39 is 0 Å². The first-order valence-corrected chi connectivity index (χ1v) is 6.96. The quantitative estimate of drug-likeness (QED) is 0.829. The van der Waals surface area contributed by atoms with E-state index in [-0.39, 0.29) is 5.91 Å². The predicted octanol–water partition coefficient (Wildman–Crippen LogP) is 3.16. The molecule has 0 saturated carbocycles. The Balaban J connectivity index is 2.07. The van der Waals surface area contributed by atoms with Crippen LogP contribution in [0.2, 0.25) is 0 Å². The van der Waals surface area contributed by atoms with Gasteiger partial charge in [0.15, 0.2) is 0 Å². The van der Waals surface area contributed by atoms with E-state index in [2.05, 4.69) is 5.32 Å². The van der Waals surface area contributed by atoms with Gasteiger partial charge in [0.05, 0.1) is 18.7 Å². The van der Waals surface area contributed by atoms with Crippen molar-refractivity contribution in [2.24, 2.45) is 0 Å². The molecule has 0 aromatic heterocycles. The number of carbonyl (C=O) groups is 1. The number of carbonyl (C=O) groups excluding carboxylic acids is 1. The SMILES string of the molecule is CCOc1cc(C)ccc1NC(=O)Cc1ccc(N)cc1. The van der Waals surface area contributed by atoms with E-state index >= 15 is 0 Å². The van der Waals surface area contributed by atoms with E-state index in [0.717, 1.165) is 11.1 Å². The molecule has 0 aliphatic heterocycles. The first-order valence-electron chi connectivity index (χ1n) is 6.96. The minimum atomic E-state index is -0.0791. The highest BCUT2D eigenvalue weighted by Crippen LogP contribution is 2.26. The molecule has 0 bridgehead atoms. The molecule has 0 atom stereocenters. The number of nitrogens with one attached hydrogen (secondary N) is 1. The molecular weight excluding hydrogens is 264 g/mol. The van der Waals surface area contributed by atoms with Gasteiger partial charge in [-0.05, 0) is 49.2 Å². The Morgan fingerprint density at radius 2 is 1.90 bits per heavy atom. The number of anilines is 2. The fourth-order valence-electron chi connectivity index (χ4n) is 2.02. The molecule has 0 fully saturated rings. The molecule has 2 rings (SSSR count). The number of amides is 1. The molecule has 0 aliphatic carbocycles. The number of nitrogens with two attached hydrogens (primary N) is 1. The molecule has 0 aliphatic rings. The molecule has 21 heavy (non-hydrogen) atoms. The van der Waals surface area contributed by atoms with Gasteiger partial charge in [0.2, 0.25) is 5.91 Å². The van der Waals surface area contributed by atoms with Crippen LogP contribution in [0.15, 0.2) is 42.5 Å². The van der Waals surface area contributed by atoms with Crippen LogP contribution in [0.3, 0.4) is 0 Å². The molecule has 0 radical (unpaired) electrons. The van der Waals surface area contributed by atoms with Crippen LogP contribution >= 0.6 is 0 Å². The van der Waals surface area contributed by atoms with Gasteiger partial charge in [-0.15, -0.1) is 0 Å². The molecule has 0 saturated heterocycles. The maximum absolute atomic E-state index is 12.1. The van der Waals surface area contributed by atoms with Crippen molar-refractivity contribution in [3.63, 3.8) is 0 Å². The fourth-order valence-corrected chi connectivity index (χ4v) is 2.02. The van der Waals surface area contributed by atoms with Crippen LogP contribution in [0.1, 0.15) is 18.1 Å². The molecule has 0 unspecified atom stereocenters. The molecule has 0 heterocycles. The largest absolute Gasteiger partial charge is 0.492 e. The zero-order valence-corrected chi connectivity index (χ0v) is 12.3. The van der Waals surface area contributed by atoms with Gasteiger partial charge in [-0.2, -0.15) is 0 Å². The van der Waals surface area contributed by atoms with Crippen LogP contribution in [-0.4, -0.2) is 12.5 Å². The van der Waals surface area contributed by atoms with Crippen molar-refractivity contribution in [3.8, 4) is 5.75 Å². The van der Waals surface area contributed by atoms with Crippen molar-refractivity contribution in [2.45, 2.75) is 20.3 Å². The molecular formula is C17H20N2O2. The van der Waals surface area contributed by atoms with Crippen molar-refractivity contribution >= 4 is 17.3 Å². The van der Waals surface area contributed by atoms with Crippen molar-refractivity contribution in [2.75, 3.05) is 17.7 Å². The lowest BCUT2D eigenvalue weighted by molar-refractivity contribution is -0.115. The minimum Gasteiger partial charge on any atom is -0.492 e. The summed E-state index contributed by atoms with van der Waals surface area (Å²) in [4.78, 5) is 12.1. The number of nitrogen functional groups attached to an aromatic ring is 1. The number of hydrogen-bond acceptors (Lipinski definition) is 3.